The molecule has 1 fully saturated rings. The Morgan fingerprint density at radius 2 is 1.76 bits per heavy atom. The number of rotatable bonds is 6. The highest BCUT2D eigenvalue weighted by molar-refractivity contribution is 7.91. The first-order valence-corrected chi connectivity index (χ1v) is 11.5. The Morgan fingerprint density at radius 3 is 2.38 bits per heavy atom. The summed E-state index contributed by atoms with van der Waals surface area (Å²) in [7, 11) is -3.14. The predicted molar refractivity (Wildman–Crippen MR) is 113 cm³/mol. The van der Waals surface area contributed by atoms with Crippen LogP contribution in [0.2, 0.25) is 5.02 Å². The first kappa shape index (κ1) is 21.3. The molecule has 1 saturated heterocycles. The van der Waals surface area contributed by atoms with Crippen LogP contribution in [0.4, 0.5) is 0 Å². The zero-order valence-electron chi connectivity index (χ0n) is 16.0. The summed E-state index contributed by atoms with van der Waals surface area (Å²) < 4.78 is 23.6. The molecule has 1 aliphatic heterocycles. The fourth-order valence-corrected chi connectivity index (χ4v) is 5.82. The van der Waals surface area contributed by atoms with Gasteiger partial charge in [-0.2, -0.15) is 0 Å². The Kier molecular flexibility index (Phi) is 6.29. The normalized spacial score (nSPS) is 21.3. The van der Waals surface area contributed by atoms with Gasteiger partial charge in [0.05, 0.1) is 40.1 Å². The maximum Gasteiger partial charge on any atom is 0.253 e. The quantitative estimate of drug-likeness (QED) is 0.731. The molecule has 8 heteroatoms. The highest BCUT2D eigenvalue weighted by Gasteiger charge is 2.39. The molecule has 0 bridgehead atoms. The molecule has 2 aromatic carbocycles. The van der Waals surface area contributed by atoms with E-state index < -0.39 is 21.4 Å². The van der Waals surface area contributed by atoms with Gasteiger partial charge in [0.15, 0.2) is 9.84 Å². The van der Waals surface area contributed by atoms with Gasteiger partial charge < -0.3 is 10.6 Å². The van der Waals surface area contributed by atoms with E-state index in [4.69, 9.17) is 11.6 Å². The Balaban J connectivity index is 1.75. The molecule has 2 atom stereocenters. The number of carbonyl (C=O) groups is 2. The molecular formula is C21H23ClN2O4S. The first-order valence-electron chi connectivity index (χ1n) is 9.29. The Hall–Kier alpha value is -2.38. The summed E-state index contributed by atoms with van der Waals surface area (Å²) in [4.78, 5) is 25.4. The van der Waals surface area contributed by atoms with Crippen molar-refractivity contribution in [1.82, 2.24) is 10.6 Å². The van der Waals surface area contributed by atoms with Crippen LogP contribution < -0.4 is 10.6 Å². The number of nitrogens with one attached hydrogen (secondary N) is 2. The van der Waals surface area contributed by atoms with E-state index in [1.165, 1.54) is 0 Å². The van der Waals surface area contributed by atoms with Crippen LogP contribution in [-0.2, 0) is 14.6 Å². The number of halogens is 1. The second kappa shape index (κ2) is 8.55. The van der Waals surface area contributed by atoms with Gasteiger partial charge in [0.2, 0.25) is 5.91 Å². The van der Waals surface area contributed by atoms with Gasteiger partial charge in [0.25, 0.3) is 5.91 Å². The van der Waals surface area contributed by atoms with Crippen molar-refractivity contribution in [2.45, 2.75) is 31.3 Å². The van der Waals surface area contributed by atoms with Gasteiger partial charge in [-0.25, -0.2) is 8.42 Å². The fourth-order valence-electron chi connectivity index (χ4n) is 3.50. The van der Waals surface area contributed by atoms with Crippen LogP contribution in [-0.4, -0.2) is 37.3 Å². The van der Waals surface area contributed by atoms with E-state index in [-0.39, 0.29) is 29.7 Å². The molecule has 2 amide bonds. The minimum Gasteiger partial charge on any atom is -0.350 e. The molecule has 1 aliphatic rings. The predicted octanol–water partition coefficient (Wildman–Crippen LogP) is 2.89. The SMILES string of the molecule is C[C@@]1(NC(=O)C[C@H](NC(=O)c2ccccc2Cl)c2ccccc2)CCS(=O)(=O)C1. The van der Waals surface area contributed by atoms with E-state index in [9.17, 15) is 18.0 Å². The number of hydrogen-bond donors (Lipinski definition) is 2. The second-order valence-electron chi connectivity index (χ2n) is 7.57. The summed E-state index contributed by atoms with van der Waals surface area (Å²) in [5.41, 5.74) is 0.306. The third-order valence-corrected chi connectivity index (χ3v) is 7.19. The highest BCUT2D eigenvalue weighted by atomic mass is 35.5. The summed E-state index contributed by atoms with van der Waals surface area (Å²) >= 11 is 6.12. The third-order valence-electron chi connectivity index (χ3n) is 4.96. The van der Waals surface area contributed by atoms with Crippen molar-refractivity contribution in [3.8, 4) is 0 Å². The lowest BCUT2D eigenvalue weighted by Crippen LogP contribution is -2.48. The van der Waals surface area contributed by atoms with Crippen molar-refractivity contribution >= 4 is 33.3 Å². The molecule has 0 aromatic heterocycles. The molecule has 2 aromatic rings. The minimum atomic E-state index is -3.14. The van der Waals surface area contributed by atoms with Gasteiger partial charge >= 0.3 is 0 Å². The van der Waals surface area contributed by atoms with Crippen LogP contribution in [0.3, 0.4) is 0 Å². The standard InChI is InChI=1S/C21H23ClN2O4S/c1-21(11-12-29(27,28)14-21)24-19(25)13-18(15-7-3-2-4-8-15)23-20(26)16-9-5-6-10-17(16)22/h2-10,18H,11-14H2,1H3,(H,23,26)(H,24,25)/t18-,21+/m0/s1. The zero-order chi connectivity index (χ0) is 21.1. The Labute approximate surface area is 175 Å². The van der Waals surface area contributed by atoms with Gasteiger partial charge in [-0.1, -0.05) is 54.1 Å². The number of sulfone groups is 1. The highest BCUT2D eigenvalue weighted by Crippen LogP contribution is 2.25. The maximum absolute atomic E-state index is 12.7. The van der Waals surface area contributed by atoms with Gasteiger partial charge in [0, 0.05) is 0 Å². The van der Waals surface area contributed by atoms with Gasteiger partial charge in [-0.15, -0.1) is 0 Å². The van der Waals surface area contributed by atoms with Crippen LogP contribution in [0.25, 0.3) is 0 Å². The van der Waals surface area contributed by atoms with Crippen LogP contribution >= 0.6 is 11.6 Å². The average molecular weight is 435 g/mol. The minimum absolute atomic E-state index is 0.0180. The van der Waals surface area contributed by atoms with E-state index >= 15 is 0 Å². The number of hydrogen-bond acceptors (Lipinski definition) is 4. The van der Waals surface area contributed by atoms with E-state index in [1.54, 1.807) is 31.2 Å². The van der Waals surface area contributed by atoms with Crippen LogP contribution in [0.15, 0.2) is 54.6 Å². The maximum atomic E-state index is 12.7. The van der Waals surface area contributed by atoms with Crippen LogP contribution in [0.1, 0.15) is 41.7 Å². The largest absolute Gasteiger partial charge is 0.350 e. The van der Waals surface area contributed by atoms with E-state index in [1.807, 2.05) is 30.3 Å². The van der Waals surface area contributed by atoms with E-state index in [2.05, 4.69) is 10.6 Å². The van der Waals surface area contributed by atoms with Gasteiger partial charge in [-0.3, -0.25) is 9.59 Å². The number of amides is 2. The summed E-state index contributed by atoms with van der Waals surface area (Å²) in [5, 5.41) is 6.04. The van der Waals surface area contributed by atoms with Gasteiger partial charge in [0.1, 0.15) is 0 Å². The number of carbonyl (C=O) groups excluding carboxylic acids is 2. The molecule has 0 radical (unpaired) electrons. The topological polar surface area (TPSA) is 92.3 Å². The monoisotopic (exact) mass is 434 g/mol. The molecule has 0 aliphatic carbocycles. The molecule has 0 unspecified atom stereocenters. The molecule has 0 spiro atoms. The lowest BCUT2D eigenvalue weighted by molar-refractivity contribution is -0.123. The lowest BCUT2D eigenvalue weighted by atomic mass is 9.99. The lowest BCUT2D eigenvalue weighted by Gasteiger charge is -2.26. The summed E-state index contributed by atoms with van der Waals surface area (Å²) in [6.45, 7) is 1.73. The fraction of sp³-hybridized carbons (Fsp3) is 0.333. The Bertz CT molecular complexity index is 1010. The first-order chi connectivity index (χ1) is 13.7. The summed E-state index contributed by atoms with van der Waals surface area (Å²) in [6, 6.07) is 15.3. The molecular weight excluding hydrogens is 412 g/mol. The summed E-state index contributed by atoms with van der Waals surface area (Å²) in [5.74, 6) is -0.715. The molecule has 6 nitrogen and oxygen atoms in total. The molecule has 3 rings (SSSR count). The summed E-state index contributed by atoms with van der Waals surface area (Å²) in [6.07, 6.45) is 0.360. The molecule has 29 heavy (non-hydrogen) atoms. The van der Waals surface area contributed by atoms with Crippen molar-refractivity contribution in [2.24, 2.45) is 0 Å². The number of benzene rings is 2. The van der Waals surface area contributed by atoms with Crippen LogP contribution in [0.5, 0.6) is 0 Å². The van der Waals surface area contributed by atoms with Crippen LogP contribution in [0, 0.1) is 0 Å². The van der Waals surface area contributed by atoms with Crippen molar-refractivity contribution in [2.75, 3.05) is 11.5 Å². The molecule has 2 N–H and O–H groups in total. The smallest absolute Gasteiger partial charge is 0.253 e. The van der Waals surface area contributed by atoms with Crippen molar-refractivity contribution in [3.05, 3.63) is 70.7 Å². The van der Waals surface area contributed by atoms with Crippen molar-refractivity contribution in [3.63, 3.8) is 0 Å². The zero-order valence-corrected chi connectivity index (χ0v) is 17.6. The Morgan fingerprint density at radius 1 is 1.10 bits per heavy atom. The third kappa shape index (κ3) is 5.58. The second-order valence-corrected chi connectivity index (χ2v) is 10.2. The van der Waals surface area contributed by atoms with Crippen molar-refractivity contribution in [1.29, 1.82) is 0 Å². The molecule has 1 heterocycles. The van der Waals surface area contributed by atoms with Gasteiger partial charge in [-0.05, 0) is 31.0 Å². The average Bonchev–Trinajstić information content (AvgIpc) is 2.94. The molecule has 154 valence electrons. The molecule has 0 saturated carbocycles. The van der Waals surface area contributed by atoms with E-state index in [0.717, 1.165) is 5.56 Å². The van der Waals surface area contributed by atoms with Crippen molar-refractivity contribution < 1.29 is 18.0 Å². The van der Waals surface area contributed by atoms with E-state index in [0.29, 0.717) is 17.0 Å².